The lowest BCUT2D eigenvalue weighted by Gasteiger charge is -2.22. The van der Waals surface area contributed by atoms with E-state index in [0.717, 1.165) is 19.5 Å². The van der Waals surface area contributed by atoms with Crippen LogP contribution in [-0.2, 0) is 9.47 Å². The van der Waals surface area contributed by atoms with Crippen molar-refractivity contribution in [3.63, 3.8) is 0 Å². The van der Waals surface area contributed by atoms with Gasteiger partial charge in [0.15, 0.2) is 0 Å². The van der Waals surface area contributed by atoms with Crippen LogP contribution in [0.25, 0.3) is 0 Å². The fraction of sp³-hybridized carbons (Fsp3) is 0.917. The molecule has 0 aromatic heterocycles. The summed E-state index contributed by atoms with van der Waals surface area (Å²) in [7, 11) is 0. The molecule has 1 saturated heterocycles. The van der Waals surface area contributed by atoms with Crippen molar-refractivity contribution in [3.8, 4) is 0 Å². The lowest BCUT2D eigenvalue weighted by atomic mass is 10.2. The monoisotopic (exact) mass is 278 g/mol. The number of ether oxygens (including phenoxy) is 2. The average molecular weight is 279 g/mol. The van der Waals surface area contributed by atoms with Crippen molar-refractivity contribution >= 4 is 17.7 Å². The zero-order valence-electron chi connectivity index (χ0n) is 11.5. The summed E-state index contributed by atoms with van der Waals surface area (Å²) in [5.41, 5.74) is -0.748. The highest BCUT2D eigenvalue weighted by Crippen LogP contribution is 2.12. The predicted molar refractivity (Wildman–Crippen MR) is 70.6 cm³/mol. The van der Waals surface area contributed by atoms with Crippen molar-refractivity contribution in [3.05, 3.63) is 0 Å². The van der Waals surface area contributed by atoms with Gasteiger partial charge in [-0.1, -0.05) is 11.6 Å². The molecule has 1 aliphatic rings. The van der Waals surface area contributed by atoms with E-state index >= 15 is 0 Å². The number of rotatable bonds is 4. The summed E-state index contributed by atoms with van der Waals surface area (Å²) >= 11 is 5.71. The van der Waals surface area contributed by atoms with Gasteiger partial charge < -0.3 is 14.8 Å². The lowest BCUT2D eigenvalue weighted by Crippen LogP contribution is -2.40. The molecule has 0 spiro atoms. The van der Waals surface area contributed by atoms with Crippen LogP contribution in [0, 0.1) is 0 Å². The van der Waals surface area contributed by atoms with E-state index in [9.17, 15) is 4.79 Å². The van der Waals surface area contributed by atoms with Crippen molar-refractivity contribution in [1.82, 2.24) is 10.2 Å². The normalized spacial score (nSPS) is 22.8. The smallest absolute Gasteiger partial charge is 0.407 e. The number of carbonyl (C=O) groups excluding carboxylic acids is 1. The first kappa shape index (κ1) is 15.5. The Hall–Kier alpha value is -0.520. The molecule has 1 heterocycles. The Morgan fingerprint density at radius 2 is 2.22 bits per heavy atom. The number of likely N-dealkylation sites (tertiary alicyclic amines) is 1. The summed E-state index contributed by atoms with van der Waals surface area (Å²) in [4.78, 5) is 13.7. The van der Waals surface area contributed by atoms with Gasteiger partial charge in [0.1, 0.15) is 17.9 Å². The molecule has 5 nitrogen and oxygen atoms in total. The van der Waals surface area contributed by atoms with E-state index < -0.39 is 5.60 Å². The molecule has 0 saturated carbocycles. The van der Waals surface area contributed by atoms with Gasteiger partial charge in [0.2, 0.25) is 0 Å². The van der Waals surface area contributed by atoms with Crippen LogP contribution in [0.15, 0.2) is 0 Å². The first-order valence-corrected chi connectivity index (χ1v) is 6.67. The number of hydrogen-bond acceptors (Lipinski definition) is 4. The number of nitrogens with one attached hydrogen (secondary N) is 1. The maximum Gasteiger partial charge on any atom is 0.407 e. The molecule has 0 aromatic rings. The average Bonchev–Trinajstić information content (AvgIpc) is 2.59. The van der Waals surface area contributed by atoms with Crippen molar-refractivity contribution in [2.75, 3.05) is 19.8 Å². The van der Waals surface area contributed by atoms with E-state index in [-0.39, 0.29) is 17.7 Å². The molecule has 2 atom stereocenters. The minimum absolute atomic E-state index is 0.120. The molecule has 6 heteroatoms. The van der Waals surface area contributed by atoms with Crippen LogP contribution in [0.1, 0.15) is 34.1 Å². The molecular weight excluding hydrogens is 256 g/mol. The maximum atomic E-state index is 11.6. The summed E-state index contributed by atoms with van der Waals surface area (Å²) in [5, 5.41) is 2.86. The second-order valence-corrected chi connectivity index (χ2v) is 6.16. The molecule has 1 amide bonds. The van der Waals surface area contributed by atoms with E-state index in [1.165, 1.54) is 0 Å². The molecule has 1 unspecified atom stereocenters. The quantitative estimate of drug-likeness (QED) is 0.801. The van der Waals surface area contributed by atoms with Crippen LogP contribution in [0.4, 0.5) is 4.79 Å². The fourth-order valence-corrected chi connectivity index (χ4v) is 1.81. The lowest BCUT2D eigenvalue weighted by molar-refractivity contribution is 0.0282. The molecule has 1 aliphatic heterocycles. The Morgan fingerprint density at radius 1 is 1.56 bits per heavy atom. The molecule has 0 aromatic carbocycles. The number of amides is 1. The molecule has 1 N–H and O–H groups in total. The second kappa shape index (κ2) is 6.59. The second-order valence-electron chi connectivity index (χ2n) is 5.55. The van der Waals surface area contributed by atoms with Crippen LogP contribution < -0.4 is 5.32 Å². The Labute approximate surface area is 114 Å². The summed E-state index contributed by atoms with van der Waals surface area (Å²) in [5.74, 6) is 0. The van der Waals surface area contributed by atoms with Gasteiger partial charge in [-0.2, -0.15) is 0 Å². The van der Waals surface area contributed by atoms with Crippen LogP contribution in [0.3, 0.4) is 0 Å². The first-order chi connectivity index (χ1) is 8.26. The van der Waals surface area contributed by atoms with Crippen LogP contribution in [0.2, 0.25) is 0 Å². The third-order valence-electron chi connectivity index (χ3n) is 2.48. The molecule has 0 aliphatic carbocycles. The van der Waals surface area contributed by atoms with Crippen LogP contribution >= 0.6 is 11.6 Å². The highest BCUT2D eigenvalue weighted by atomic mass is 35.5. The minimum atomic E-state index is -0.459. The standard InChI is InChI=1S/C12H23ClN2O3/c1-9(13)17-8-15-6-5-10(7-15)14-11(16)18-12(2,3)4/h9-10H,5-8H2,1-4H3,(H,14,16)/t9?,10-/m1/s1. The number of alkyl halides is 1. The zero-order valence-corrected chi connectivity index (χ0v) is 12.3. The molecule has 106 valence electrons. The van der Waals surface area contributed by atoms with Crippen molar-refractivity contribution in [2.45, 2.75) is 51.3 Å². The third-order valence-corrected chi connectivity index (χ3v) is 2.61. The molecule has 1 fully saturated rings. The number of nitrogens with zero attached hydrogens (tertiary/aromatic N) is 1. The highest BCUT2D eigenvalue weighted by molar-refractivity contribution is 6.19. The van der Waals surface area contributed by atoms with Crippen LogP contribution in [0.5, 0.6) is 0 Å². The minimum Gasteiger partial charge on any atom is -0.444 e. The molecule has 0 radical (unpaired) electrons. The van der Waals surface area contributed by atoms with Gasteiger partial charge in [0.05, 0.1) is 0 Å². The first-order valence-electron chi connectivity index (χ1n) is 6.24. The largest absolute Gasteiger partial charge is 0.444 e. The number of hydrogen-bond donors (Lipinski definition) is 1. The third kappa shape index (κ3) is 6.42. The predicted octanol–water partition coefficient (Wildman–Crippen LogP) is 2.14. The molecular formula is C12H23ClN2O3. The van der Waals surface area contributed by atoms with E-state index in [0.29, 0.717) is 6.73 Å². The van der Waals surface area contributed by atoms with E-state index in [4.69, 9.17) is 21.1 Å². The van der Waals surface area contributed by atoms with E-state index in [2.05, 4.69) is 10.2 Å². The molecule has 1 rings (SSSR count). The summed E-state index contributed by atoms with van der Waals surface area (Å²) in [6.45, 7) is 9.49. The summed E-state index contributed by atoms with van der Waals surface area (Å²) in [6, 6.07) is 0.120. The van der Waals surface area contributed by atoms with E-state index in [1.807, 2.05) is 20.8 Å². The van der Waals surface area contributed by atoms with Gasteiger partial charge >= 0.3 is 6.09 Å². The van der Waals surface area contributed by atoms with Crippen molar-refractivity contribution < 1.29 is 14.3 Å². The Morgan fingerprint density at radius 3 is 2.78 bits per heavy atom. The Kier molecular flexibility index (Phi) is 5.69. The summed E-state index contributed by atoms with van der Waals surface area (Å²) < 4.78 is 10.5. The van der Waals surface area contributed by atoms with Gasteiger partial charge in [0.25, 0.3) is 0 Å². The SMILES string of the molecule is CC(Cl)OCN1CC[C@@H](NC(=O)OC(C)(C)C)C1. The molecule has 0 bridgehead atoms. The fourth-order valence-electron chi connectivity index (χ4n) is 1.75. The van der Waals surface area contributed by atoms with Crippen molar-refractivity contribution in [1.29, 1.82) is 0 Å². The highest BCUT2D eigenvalue weighted by Gasteiger charge is 2.26. The van der Waals surface area contributed by atoms with Gasteiger partial charge in [-0.3, -0.25) is 4.90 Å². The van der Waals surface area contributed by atoms with E-state index in [1.54, 1.807) is 6.92 Å². The van der Waals surface area contributed by atoms with Crippen LogP contribution in [-0.4, -0.2) is 48.0 Å². The van der Waals surface area contributed by atoms with Crippen molar-refractivity contribution in [2.24, 2.45) is 0 Å². The Bertz CT molecular complexity index is 279. The zero-order chi connectivity index (χ0) is 13.8. The number of carbonyl (C=O) groups is 1. The maximum absolute atomic E-state index is 11.6. The summed E-state index contributed by atoms with van der Waals surface area (Å²) in [6.07, 6.45) is 0.542. The number of halogens is 1. The molecule has 18 heavy (non-hydrogen) atoms. The van der Waals surface area contributed by atoms with Gasteiger partial charge in [0, 0.05) is 19.1 Å². The number of alkyl carbamates (subject to hydrolysis) is 1. The Balaban J connectivity index is 2.24. The van der Waals surface area contributed by atoms with Gasteiger partial charge in [-0.05, 0) is 34.1 Å². The van der Waals surface area contributed by atoms with Gasteiger partial charge in [-0.15, -0.1) is 0 Å². The topological polar surface area (TPSA) is 50.8 Å². The van der Waals surface area contributed by atoms with Gasteiger partial charge in [-0.25, -0.2) is 4.79 Å².